The van der Waals surface area contributed by atoms with Crippen LogP contribution in [0.2, 0.25) is 30.8 Å². The molecule has 0 amide bonds. The zero-order chi connectivity index (χ0) is 21.9. The second-order valence-electron chi connectivity index (χ2n) is 8.78. The molecular weight excluding hydrogens is 416 g/mol. The summed E-state index contributed by atoms with van der Waals surface area (Å²) in [6.07, 6.45) is 0. The summed E-state index contributed by atoms with van der Waals surface area (Å²) >= 11 is 6.38. The van der Waals surface area contributed by atoms with E-state index in [1.54, 1.807) is 7.11 Å². The van der Waals surface area contributed by atoms with Crippen LogP contribution in [-0.2, 0) is 18.0 Å². The first-order valence-corrected chi connectivity index (χ1v) is 14.2. The van der Waals surface area contributed by atoms with E-state index in [2.05, 4.69) is 41.7 Å². The first-order valence-electron chi connectivity index (χ1n) is 10.1. The highest BCUT2D eigenvalue weighted by atomic mass is 35.5. The Labute approximate surface area is 184 Å². The summed E-state index contributed by atoms with van der Waals surface area (Å²) in [7, 11) is 2.58. The van der Waals surface area contributed by atoms with Crippen molar-refractivity contribution in [2.45, 2.75) is 45.9 Å². The van der Waals surface area contributed by atoms with Gasteiger partial charge in [-0.25, -0.2) is 9.97 Å². The van der Waals surface area contributed by atoms with Gasteiger partial charge in [0, 0.05) is 34.3 Å². The standard InChI is InChI=1S/C22H31ClN4O2Si/c1-16-24-21-19(26(2)14-17-7-9-18(28-3)10-8-17)13-20(23)25-22(21)27(16)15-29-11-12-30(4,5)6/h7-10,13H,11-12,14-15H2,1-6H3. The first-order chi connectivity index (χ1) is 14.2. The summed E-state index contributed by atoms with van der Waals surface area (Å²) in [5.41, 5.74) is 3.71. The molecule has 0 N–H and O–H groups in total. The average molecular weight is 447 g/mol. The fourth-order valence-corrected chi connectivity index (χ4v) is 4.16. The highest BCUT2D eigenvalue weighted by Gasteiger charge is 2.18. The molecule has 162 valence electrons. The number of rotatable bonds is 9. The van der Waals surface area contributed by atoms with E-state index >= 15 is 0 Å². The molecule has 6 nitrogen and oxygen atoms in total. The fourth-order valence-electron chi connectivity index (χ4n) is 3.22. The van der Waals surface area contributed by atoms with Crippen molar-refractivity contribution in [2.75, 3.05) is 25.7 Å². The number of pyridine rings is 1. The Morgan fingerprint density at radius 1 is 1.13 bits per heavy atom. The molecule has 2 heterocycles. The van der Waals surface area contributed by atoms with Crippen LogP contribution in [0.3, 0.4) is 0 Å². The lowest BCUT2D eigenvalue weighted by Crippen LogP contribution is -2.22. The number of halogens is 1. The Balaban J connectivity index is 1.83. The largest absolute Gasteiger partial charge is 0.497 e. The summed E-state index contributed by atoms with van der Waals surface area (Å²) < 4.78 is 13.2. The lowest BCUT2D eigenvalue weighted by atomic mass is 10.2. The van der Waals surface area contributed by atoms with E-state index < -0.39 is 8.07 Å². The number of imidazole rings is 1. The van der Waals surface area contributed by atoms with Crippen LogP contribution < -0.4 is 9.64 Å². The van der Waals surface area contributed by atoms with Crippen molar-refractivity contribution in [1.29, 1.82) is 0 Å². The highest BCUT2D eigenvalue weighted by molar-refractivity contribution is 6.76. The molecule has 0 aliphatic rings. The van der Waals surface area contributed by atoms with Crippen molar-refractivity contribution in [3.8, 4) is 5.75 Å². The lowest BCUT2D eigenvalue weighted by molar-refractivity contribution is 0.0881. The first kappa shape index (κ1) is 22.6. The van der Waals surface area contributed by atoms with Crippen LogP contribution in [0.25, 0.3) is 11.2 Å². The normalized spacial score (nSPS) is 11.8. The molecule has 2 aromatic heterocycles. The molecule has 1 aromatic carbocycles. The van der Waals surface area contributed by atoms with Gasteiger partial charge in [-0.3, -0.25) is 4.57 Å². The fraction of sp³-hybridized carbons (Fsp3) is 0.455. The Bertz CT molecular complexity index is 999. The molecule has 0 aliphatic heterocycles. The van der Waals surface area contributed by atoms with Crippen LogP contribution in [-0.4, -0.2) is 43.4 Å². The van der Waals surface area contributed by atoms with Crippen molar-refractivity contribution >= 4 is 36.5 Å². The quantitative estimate of drug-likeness (QED) is 0.252. The van der Waals surface area contributed by atoms with Gasteiger partial charge in [0.1, 0.15) is 29.0 Å². The highest BCUT2D eigenvalue weighted by Crippen LogP contribution is 2.29. The van der Waals surface area contributed by atoms with Crippen LogP contribution in [0, 0.1) is 6.92 Å². The molecule has 0 spiro atoms. The van der Waals surface area contributed by atoms with E-state index in [-0.39, 0.29) is 0 Å². The summed E-state index contributed by atoms with van der Waals surface area (Å²) in [4.78, 5) is 11.5. The minimum absolute atomic E-state index is 0.432. The second kappa shape index (κ2) is 9.37. The van der Waals surface area contributed by atoms with Gasteiger partial charge in [-0.2, -0.15) is 0 Å². The van der Waals surface area contributed by atoms with E-state index in [1.165, 1.54) is 5.56 Å². The van der Waals surface area contributed by atoms with Crippen molar-refractivity contribution in [3.63, 3.8) is 0 Å². The molecule has 0 aliphatic carbocycles. The van der Waals surface area contributed by atoms with Crippen molar-refractivity contribution < 1.29 is 9.47 Å². The van der Waals surface area contributed by atoms with Crippen molar-refractivity contribution in [1.82, 2.24) is 14.5 Å². The molecule has 30 heavy (non-hydrogen) atoms. The maximum absolute atomic E-state index is 6.38. The number of aromatic nitrogens is 3. The molecule has 3 aromatic rings. The number of aryl methyl sites for hydroxylation is 1. The number of benzene rings is 1. The van der Waals surface area contributed by atoms with Gasteiger partial charge < -0.3 is 14.4 Å². The molecule has 0 saturated carbocycles. The summed E-state index contributed by atoms with van der Waals surface area (Å²) in [6.45, 7) is 10.9. The topological polar surface area (TPSA) is 52.4 Å². The monoisotopic (exact) mass is 446 g/mol. The number of hydrogen-bond donors (Lipinski definition) is 0. The zero-order valence-electron chi connectivity index (χ0n) is 18.7. The minimum Gasteiger partial charge on any atom is -0.497 e. The molecule has 0 fully saturated rings. The predicted octanol–water partition coefficient (Wildman–Crippen LogP) is 5.35. The minimum atomic E-state index is -1.12. The van der Waals surface area contributed by atoms with Crippen LogP contribution in [0.4, 0.5) is 5.69 Å². The zero-order valence-corrected chi connectivity index (χ0v) is 20.5. The van der Waals surface area contributed by atoms with E-state index in [9.17, 15) is 0 Å². The third-order valence-corrected chi connectivity index (χ3v) is 6.95. The number of hydrogen-bond acceptors (Lipinski definition) is 5. The molecule has 8 heteroatoms. The number of anilines is 1. The lowest BCUT2D eigenvalue weighted by Gasteiger charge is -2.20. The molecule has 0 unspecified atom stereocenters. The number of methoxy groups -OCH3 is 1. The Morgan fingerprint density at radius 3 is 2.47 bits per heavy atom. The van der Waals surface area contributed by atoms with Gasteiger partial charge in [-0.15, -0.1) is 0 Å². The Morgan fingerprint density at radius 2 is 1.83 bits per heavy atom. The molecule has 0 bridgehead atoms. The summed E-state index contributed by atoms with van der Waals surface area (Å²) in [6, 6.07) is 11.1. The Hall–Kier alpha value is -2.09. The van der Waals surface area contributed by atoms with Crippen LogP contribution in [0.5, 0.6) is 5.75 Å². The van der Waals surface area contributed by atoms with Crippen LogP contribution >= 0.6 is 11.6 Å². The number of ether oxygens (including phenoxy) is 2. The number of fused-ring (bicyclic) bond motifs is 1. The smallest absolute Gasteiger partial charge is 0.165 e. The Kier molecular flexibility index (Phi) is 7.05. The van der Waals surface area contributed by atoms with Gasteiger partial charge in [0.25, 0.3) is 0 Å². The van der Waals surface area contributed by atoms with Crippen molar-refractivity contribution in [2.24, 2.45) is 0 Å². The van der Waals surface area contributed by atoms with Gasteiger partial charge in [0.15, 0.2) is 5.65 Å². The van der Waals surface area contributed by atoms with E-state index in [0.717, 1.165) is 47.6 Å². The third-order valence-electron chi connectivity index (χ3n) is 5.05. The van der Waals surface area contributed by atoms with E-state index in [0.29, 0.717) is 11.9 Å². The average Bonchev–Trinajstić information content (AvgIpc) is 2.99. The molecule has 0 saturated heterocycles. The summed E-state index contributed by atoms with van der Waals surface area (Å²) in [5.74, 6) is 1.71. The molecule has 3 rings (SSSR count). The van der Waals surface area contributed by atoms with Crippen molar-refractivity contribution in [3.05, 3.63) is 46.9 Å². The van der Waals surface area contributed by atoms with Crippen LogP contribution in [0.15, 0.2) is 30.3 Å². The summed E-state index contributed by atoms with van der Waals surface area (Å²) in [5, 5.41) is 0.447. The second-order valence-corrected chi connectivity index (χ2v) is 14.8. The van der Waals surface area contributed by atoms with E-state index in [4.69, 9.17) is 26.1 Å². The van der Waals surface area contributed by atoms with Gasteiger partial charge in [0.05, 0.1) is 12.8 Å². The van der Waals surface area contributed by atoms with Gasteiger partial charge in [-0.1, -0.05) is 43.4 Å². The number of nitrogens with zero attached hydrogens (tertiary/aromatic N) is 4. The molecule has 0 radical (unpaired) electrons. The SMILES string of the molecule is COc1ccc(CN(C)c2cc(Cl)nc3c2nc(C)n3COCC[Si](C)(C)C)cc1. The maximum atomic E-state index is 6.38. The maximum Gasteiger partial charge on any atom is 0.165 e. The van der Waals surface area contributed by atoms with Gasteiger partial charge in [0.2, 0.25) is 0 Å². The predicted molar refractivity (Wildman–Crippen MR) is 126 cm³/mol. The molecular formula is C22H31ClN4O2Si. The van der Waals surface area contributed by atoms with E-state index in [1.807, 2.05) is 36.7 Å². The van der Waals surface area contributed by atoms with Gasteiger partial charge >= 0.3 is 0 Å². The van der Waals surface area contributed by atoms with Gasteiger partial charge in [-0.05, 0) is 30.7 Å². The molecule has 0 atom stereocenters. The van der Waals surface area contributed by atoms with Crippen LogP contribution in [0.1, 0.15) is 11.4 Å². The third kappa shape index (κ3) is 5.53.